The molecule has 2 saturated heterocycles. The Balaban J connectivity index is 0.00000216. The molecule has 2 unspecified atom stereocenters. The molecule has 1 radical (unpaired) electrons. The van der Waals surface area contributed by atoms with Crippen molar-refractivity contribution in [2.24, 2.45) is 11.8 Å². The first-order chi connectivity index (χ1) is 21.2. The summed E-state index contributed by atoms with van der Waals surface area (Å²) in [7, 11) is 2.15. The first-order valence-corrected chi connectivity index (χ1v) is 17.1. The number of amides is 1. The number of carbonyl (C=O) groups excluding carboxylic acids is 1. The van der Waals surface area contributed by atoms with Gasteiger partial charge in [0.25, 0.3) is 0 Å². The van der Waals surface area contributed by atoms with Gasteiger partial charge in [0.05, 0.1) is 28.0 Å². The Labute approximate surface area is 269 Å². The molecule has 2 aromatic heterocycles. The van der Waals surface area contributed by atoms with Crippen LogP contribution in [0.25, 0.3) is 10.4 Å². The Bertz CT molecular complexity index is 1360. The van der Waals surface area contributed by atoms with Crippen molar-refractivity contribution in [3.05, 3.63) is 65.1 Å². The van der Waals surface area contributed by atoms with Crippen molar-refractivity contribution in [1.82, 2.24) is 25.2 Å². The van der Waals surface area contributed by atoms with E-state index >= 15 is 0 Å². The highest BCUT2D eigenvalue weighted by molar-refractivity contribution is 7.13. The van der Waals surface area contributed by atoms with Crippen molar-refractivity contribution < 1.29 is 9.32 Å². The molecule has 237 valence electrons. The highest BCUT2D eigenvalue weighted by Gasteiger charge is 2.39. The number of hydrogen-bond donors (Lipinski definition) is 1. The van der Waals surface area contributed by atoms with E-state index in [0.29, 0.717) is 5.92 Å². The molecule has 3 aromatic rings. The Kier molecular flexibility index (Phi) is 11.7. The van der Waals surface area contributed by atoms with Crippen molar-refractivity contribution in [2.45, 2.75) is 79.7 Å². The molecule has 44 heavy (non-hydrogen) atoms. The average Bonchev–Trinajstić information content (AvgIpc) is 3.78. The van der Waals surface area contributed by atoms with Crippen LogP contribution in [0.15, 0.2) is 52.6 Å². The lowest BCUT2D eigenvalue weighted by atomic mass is 9.89. The van der Waals surface area contributed by atoms with Gasteiger partial charge in [-0.25, -0.2) is 4.98 Å². The van der Waals surface area contributed by atoms with E-state index in [1.807, 2.05) is 33.2 Å². The third-order valence-corrected chi connectivity index (χ3v) is 9.79. The molecule has 2 aliphatic heterocycles. The van der Waals surface area contributed by atoms with Crippen LogP contribution in [0, 0.1) is 18.8 Å². The standard InChI is InChI=1S/C32H44BN6O2S.C2H6/c1-20(2)30(28-17-29(36-41-28)37-12-14-38(33-7)15-13-37)24(6)39-18-21(3)16-27(39)32(40)35-22(4)25-8-10-26(11-9-25)31-23(5)34-19-42-31;1-2/h8-11,17,19-22,27,30H,6,12-16,18H2,1-5,7H3,(H,35,40);1-2H3/t21?,22-,27-,30?;/m0./s1. The van der Waals surface area contributed by atoms with E-state index in [9.17, 15) is 4.79 Å². The summed E-state index contributed by atoms with van der Waals surface area (Å²) in [5.41, 5.74) is 6.08. The summed E-state index contributed by atoms with van der Waals surface area (Å²) in [4.78, 5) is 26.1. The van der Waals surface area contributed by atoms with Gasteiger partial charge in [0, 0.05) is 44.5 Å². The zero-order valence-electron chi connectivity index (χ0n) is 27.8. The fraction of sp³-hybridized carbons (Fsp3) is 0.559. The minimum Gasteiger partial charge on any atom is -0.362 e. The van der Waals surface area contributed by atoms with Crippen LogP contribution in [-0.4, -0.2) is 71.9 Å². The largest absolute Gasteiger partial charge is 0.362 e. The highest BCUT2D eigenvalue weighted by atomic mass is 32.1. The molecule has 1 N–H and O–H groups in total. The number of piperazine rings is 1. The van der Waals surface area contributed by atoms with Crippen LogP contribution in [0.1, 0.15) is 76.9 Å². The van der Waals surface area contributed by atoms with E-state index < -0.39 is 0 Å². The number of thiazole rings is 1. The fourth-order valence-corrected chi connectivity index (χ4v) is 7.16. The maximum Gasteiger partial charge on any atom is 0.243 e. The SMILES string of the molecule is C=C(C(c1cc(N2CCN([B]C)CC2)no1)C(C)C)N1CC(C)C[C@H]1C(=O)N[C@@H](C)c1ccc(-c2scnc2C)cc1.CC. The van der Waals surface area contributed by atoms with E-state index in [0.717, 1.165) is 73.2 Å². The maximum absolute atomic E-state index is 13.7. The molecule has 5 rings (SSSR count). The van der Waals surface area contributed by atoms with Gasteiger partial charge >= 0.3 is 0 Å². The monoisotopic (exact) mass is 617 g/mol. The molecule has 8 nitrogen and oxygen atoms in total. The van der Waals surface area contributed by atoms with Crippen LogP contribution >= 0.6 is 11.3 Å². The minimum atomic E-state index is -0.268. The molecule has 2 aliphatic rings. The van der Waals surface area contributed by atoms with Crippen LogP contribution in [0.5, 0.6) is 0 Å². The maximum atomic E-state index is 13.7. The molecular formula is C34H50BN6O2S. The number of aryl methyl sites for hydroxylation is 1. The lowest BCUT2D eigenvalue weighted by Gasteiger charge is -2.34. The number of hydrogen-bond acceptors (Lipinski definition) is 8. The number of nitrogens with zero attached hydrogens (tertiary/aromatic N) is 5. The number of nitrogens with one attached hydrogen (secondary N) is 1. The molecule has 0 aliphatic carbocycles. The Hall–Kier alpha value is -3.11. The Morgan fingerprint density at radius 2 is 1.82 bits per heavy atom. The van der Waals surface area contributed by atoms with Gasteiger partial charge in [-0.2, -0.15) is 0 Å². The van der Waals surface area contributed by atoms with Crippen molar-refractivity contribution in [3.63, 3.8) is 0 Å². The molecule has 10 heteroatoms. The number of rotatable bonds is 10. The molecule has 0 bridgehead atoms. The van der Waals surface area contributed by atoms with E-state index in [1.54, 1.807) is 11.3 Å². The van der Waals surface area contributed by atoms with Crippen LogP contribution < -0.4 is 10.2 Å². The molecule has 2 fully saturated rings. The second-order valence-electron chi connectivity index (χ2n) is 12.2. The normalized spacial score (nSPS) is 20.2. The van der Waals surface area contributed by atoms with Gasteiger partial charge in [0.15, 0.2) is 5.82 Å². The van der Waals surface area contributed by atoms with Crippen molar-refractivity contribution >= 4 is 30.5 Å². The van der Waals surface area contributed by atoms with Crippen molar-refractivity contribution in [3.8, 4) is 10.4 Å². The predicted octanol–water partition coefficient (Wildman–Crippen LogP) is 6.76. The van der Waals surface area contributed by atoms with Gasteiger partial charge in [-0.05, 0) is 43.2 Å². The number of likely N-dealkylation sites (tertiary alicyclic amines) is 1. The van der Waals surface area contributed by atoms with Gasteiger partial charge in [-0.1, -0.05) is 77.4 Å². The molecular weight excluding hydrogens is 567 g/mol. The second kappa shape index (κ2) is 15.3. The van der Waals surface area contributed by atoms with Crippen molar-refractivity contribution in [1.29, 1.82) is 0 Å². The van der Waals surface area contributed by atoms with Gasteiger partial charge in [0.2, 0.25) is 13.3 Å². The van der Waals surface area contributed by atoms with Crippen LogP contribution in [0.3, 0.4) is 0 Å². The molecule has 4 atom stereocenters. The van der Waals surface area contributed by atoms with E-state index in [1.165, 1.54) is 4.88 Å². The van der Waals surface area contributed by atoms with Crippen LogP contribution in [-0.2, 0) is 4.79 Å². The lowest BCUT2D eigenvalue weighted by molar-refractivity contribution is -0.125. The summed E-state index contributed by atoms with van der Waals surface area (Å²) in [5.74, 6) is 2.31. The third kappa shape index (κ3) is 7.57. The zero-order chi connectivity index (χ0) is 32.0. The summed E-state index contributed by atoms with van der Waals surface area (Å²) in [6.07, 6.45) is 0.798. The third-order valence-electron chi connectivity index (χ3n) is 8.81. The van der Waals surface area contributed by atoms with Gasteiger partial charge in [-0.3, -0.25) is 4.79 Å². The number of anilines is 1. The molecule has 0 saturated carbocycles. The molecule has 1 aromatic carbocycles. The second-order valence-corrected chi connectivity index (χ2v) is 13.1. The lowest BCUT2D eigenvalue weighted by Crippen LogP contribution is -2.47. The Morgan fingerprint density at radius 3 is 2.41 bits per heavy atom. The van der Waals surface area contributed by atoms with Gasteiger partial charge in [-0.15, -0.1) is 11.3 Å². The quantitative estimate of drug-likeness (QED) is 0.252. The number of aromatic nitrogens is 2. The summed E-state index contributed by atoms with van der Waals surface area (Å²) in [5, 5.41) is 7.74. The zero-order valence-corrected chi connectivity index (χ0v) is 28.7. The van der Waals surface area contributed by atoms with Crippen molar-refractivity contribution in [2.75, 3.05) is 37.6 Å². The minimum absolute atomic E-state index is 0.0433. The molecule has 1 amide bonds. The highest BCUT2D eigenvalue weighted by Crippen LogP contribution is 2.39. The van der Waals surface area contributed by atoms with E-state index in [-0.39, 0.29) is 29.8 Å². The molecule has 4 heterocycles. The first-order valence-electron chi connectivity index (χ1n) is 16.2. The van der Waals surface area contributed by atoms with Crippen LogP contribution in [0.4, 0.5) is 5.82 Å². The average molecular weight is 618 g/mol. The summed E-state index contributed by atoms with van der Waals surface area (Å²) >= 11 is 1.65. The number of allylic oxidation sites excluding steroid dienone is 1. The predicted molar refractivity (Wildman–Crippen MR) is 183 cm³/mol. The topological polar surface area (TPSA) is 77.7 Å². The number of benzene rings is 1. The summed E-state index contributed by atoms with van der Waals surface area (Å²) in [6, 6.07) is 10.1. The van der Waals surface area contributed by atoms with E-state index in [4.69, 9.17) is 4.52 Å². The van der Waals surface area contributed by atoms with Crippen LogP contribution in [0.2, 0.25) is 6.82 Å². The van der Waals surface area contributed by atoms with Gasteiger partial charge < -0.3 is 24.5 Å². The summed E-state index contributed by atoms with van der Waals surface area (Å²) < 4.78 is 5.96. The van der Waals surface area contributed by atoms with E-state index in [2.05, 4.69) is 102 Å². The summed E-state index contributed by atoms with van der Waals surface area (Å²) in [6.45, 7) is 25.9. The Morgan fingerprint density at radius 1 is 1.14 bits per heavy atom. The fourth-order valence-electron chi connectivity index (χ4n) is 6.35. The molecule has 0 spiro atoms. The van der Waals surface area contributed by atoms with Gasteiger partial charge in [0.1, 0.15) is 11.8 Å². The smallest absolute Gasteiger partial charge is 0.243 e. The first kappa shape index (κ1) is 33.8. The number of carbonyl (C=O) groups is 1.